The monoisotopic (exact) mass is 624 g/mol. The fourth-order valence-corrected chi connectivity index (χ4v) is 2.81. The zero-order chi connectivity index (χ0) is 22.9. The van der Waals surface area contributed by atoms with E-state index < -0.39 is 0 Å². The van der Waals surface area contributed by atoms with Crippen LogP contribution in [0.25, 0.3) is 0 Å². The van der Waals surface area contributed by atoms with Crippen molar-refractivity contribution in [3.05, 3.63) is 59.2 Å². The normalized spacial score (nSPS) is 21.4. The van der Waals surface area contributed by atoms with Crippen molar-refractivity contribution < 1.29 is 39.0 Å². The van der Waals surface area contributed by atoms with Gasteiger partial charge >= 0.3 is 39.0 Å². The van der Waals surface area contributed by atoms with Gasteiger partial charge in [0.05, 0.1) is 0 Å². The molecule has 0 saturated heterocycles. The molecule has 0 N–H and O–H groups in total. The van der Waals surface area contributed by atoms with E-state index in [1.165, 1.54) is 59.2 Å². The van der Waals surface area contributed by atoms with E-state index in [-0.39, 0.29) is 39.0 Å². The van der Waals surface area contributed by atoms with Crippen LogP contribution in [-0.2, 0) is 64.2 Å². The molecule has 12 radical (unpaired) electrons. The van der Waals surface area contributed by atoms with Crippen molar-refractivity contribution in [1.82, 2.24) is 0 Å². The third-order valence-electron chi connectivity index (χ3n) is 5.62. The Hall–Kier alpha value is 1.95. The van der Waals surface area contributed by atoms with Gasteiger partial charge in [-0.3, -0.25) is 0 Å². The van der Waals surface area contributed by atoms with Gasteiger partial charge in [-0.15, -0.1) is 0 Å². The molecule has 0 aromatic heterocycles. The summed E-state index contributed by atoms with van der Waals surface area (Å²) in [6, 6.07) is 0. The predicted octanol–water partition coefficient (Wildman–Crippen LogP) is 7.82. The third kappa shape index (κ3) is 14.3. The largest absolute Gasteiger partial charge is 1.00 e. The van der Waals surface area contributed by atoms with Crippen LogP contribution in [-0.4, -0.2) is 10.5 Å². The Balaban J connectivity index is -0.000000160. The second-order valence-corrected chi connectivity index (χ2v) is 10.2. The molecule has 0 aromatic rings. The Morgan fingerprint density at radius 3 is 0.400 bits per heavy atom. The van der Waals surface area contributed by atoms with Gasteiger partial charge in [0, 0.05) is 0 Å². The SMILES string of the molecule is CC(C)[S-].CC(C)[S-].C[C]1[C](C)[C](C)[C](C)[C]1C.C[C]1[C](C)[C](C)[C](C)[C]1C.[Ru+].[Ru+]. The second kappa shape index (κ2) is 19.3. The Labute approximate surface area is 229 Å². The van der Waals surface area contributed by atoms with Gasteiger partial charge < -0.3 is 25.3 Å². The molecule has 0 atom stereocenters. The first-order valence-electron chi connectivity index (χ1n) is 10.3. The van der Waals surface area contributed by atoms with Gasteiger partial charge in [-0.2, -0.15) is 10.5 Å². The summed E-state index contributed by atoms with van der Waals surface area (Å²) in [7, 11) is 0. The van der Waals surface area contributed by atoms with Crippen LogP contribution in [0.3, 0.4) is 0 Å². The number of rotatable bonds is 0. The van der Waals surface area contributed by atoms with Gasteiger partial charge in [0.25, 0.3) is 0 Å². The van der Waals surface area contributed by atoms with Crippen LogP contribution >= 0.6 is 0 Å². The summed E-state index contributed by atoms with van der Waals surface area (Å²) in [4.78, 5) is 0. The van der Waals surface area contributed by atoms with Crippen molar-refractivity contribution >= 4 is 25.3 Å². The van der Waals surface area contributed by atoms with Crippen LogP contribution in [0.2, 0.25) is 0 Å². The third-order valence-corrected chi connectivity index (χ3v) is 5.62. The molecule has 0 aromatic carbocycles. The minimum absolute atomic E-state index is 0. The first kappa shape index (κ1) is 39.2. The molecule has 0 spiro atoms. The molecule has 2 fully saturated rings. The molecule has 2 rings (SSSR count). The minimum Gasteiger partial charge on any atom is -0.790 e. The predicted molar refractivity (Wildman–Crippen MR) is 134 cm³/mol. The quantitative estimate of drug-likeness (QED) is 0.200. The van der Waals surface area contributed by atoms with Gasteiger partial charge in [-0.1, -0.05) is 96.9 Å². The molecule has 0 unspecified atom stereocenters. The molecular formula is C26H44Ru2S2. The molecule has 0 amide bonds. The smallest absolute Gasteiger partial charge is 0.790 e. The van der Waals surface area contributed by atoms with E-state index in [1.807, 2.05) is 27.7 Å². The van der Waals surface area contributed by atoms with Crippen molar-refractivity contribution in [2.45, 2.75) is 107 Å². The Bertz CT molecular complexity index is 258. The minimum atomic E-state index is 0. The maximum atomic E-state index is 4.62. The van der Waals surface area contributed by atoms with Crippen molar-refractivity contribution in [3.63, 3.8) is 0 Å². The van der Waals surface area contributed by atoms with E-state index in [9.17, 15) is 0 Å². The van der Waals surface area contributed by atoms with Crippen molar-refractivity contribution in [1.29, 1.82) is 0 Å². The first-order valence-corrected chi connectivity index (χ1v) is 11.2. The zero-order valence-electron chi connectivity index (χ0n) is 21.7. The molecule has 2 aliphatic carbocycles. The van der Waals surface area contributed by atoms with Gasteiger partial charge in [0.15, 0.2) is 0 Å². The topological polar surface area (TPSA) is 0 Å². The van der Waals surface area contributed by atoms with Crippen LogP contribution in [0, 0.1) is 59.2 Å². The van der Waals surface area contributed by atoms with Crippen molar-refractivity contribution in [2.75, 3.05) is 0 Å². The van der Waals surface area contributed by atoms with Gasteiger partial charge in [-0.05, 0) is 59.2 Å². The van der Waals surface area contributed by atoms with E-state index in [1.54, 1.807) is 0 Å². The summed E-state index contributed by atoms with van der Waals surface area (Å²) in [5, 5.41) is 0.833. The molecule has 176 valence electrons. The van der Waals surface area contributed by atoms with Crippen molar-refractivity contribution in [3.8, 4) is 0 Å². The van der Waals surface area contributed by atoms with Crippen LogP contribution in [0.1, 0.15) is 96.9 Å². The van der Waals surface area contributed by atoms with Gasteiger partial charge in [0.2, 0.25) is 0 Å². The molecule has 2 saturated carbocycles. The average Bonchev–Trinajstić information content (AvgIpc) is 2.85. The maximum Gasteiger partial charge on any atom is 1.00 e. The molecule has 4 heteroatoms. The van der Waals surface area contributed by atoms with Gasteiger partial charge in [0.1, 0.15) is 0 Å². The second-order valence-electron chi connectivity index (χ2n) is 8.35. The number of hydrogen-bond donors (Lipinski definition) is 0. The molecular weight excluding hydrogens is 579 g/mol. The molecule has 0 aliphatic heterocycles. The maximum absolute atomic E-state index is 4.62. The summed E-state index contributed by atoms with van der Waals surface area (Å²) in [5.41, 5.74) is 0. The van der Waals surface area contributed by atoms with E-state index in [2.05, 4.69) is 94.5 Å². The first-order chi connectivity index (χ1) is 12.6. The van der Waals surface area contributed by atoms with E-state index in [0.29, 0.717) is 10.5 Å². The molecule has 2 aliphatic rings. The summed E-state index contributed by atoms with van der Waals surface area (Å²) >= 11 is 9.24. The van der Waals surface area contributed by atoms with E-state index >= 15 is 0 Å². The Morgan fingerprint density at radius 1 is 0.333 bits per heavy atom. The fraction of sp³-hybridized carbons (Fsp3) is 0.615. The zero-order valence-corrected chi connectivity index (χ0v) is 26.8. The van der Waals surface area contributed by atoms with Crippen LogP contribution in [0.4, 0.5) is 0 Å². The summed E-state index contributed by atoms with van der Waals surface area (Å²) in [5.74, 6) is 14.7. The van der Waals surface area contributed by atoms with Crippen molar-refractivity contribution in [2.24, 2.45) is 0 Å². The van der Waals surface area contributed by atoms with E-state index in [0.717, 1.165) is 0 Å². The standard InChI is InChI=1S/2C10H15.2C3H8S.2Ru/c2*1-6-7(2)9(4)10(5)8(6)3;2*1-3(2)4;;/h2*1-5H3;2*3-4H,1-2H3;;/q;;;;2*+1/p-2. The average molecular weight is 623 g/mol. The van der Waals surface area contributed by atoms with E-state index in [4.69, 9.17) is 0 Å². The van der Waals surface area contributed by atoms with Gasteiger partial charge in [-0.25, -0.2) is 0 Å². The van der Waals surface area contributed by atoms with Crippen LogP contribution in [0.15, 0.2) is 0 Å². The van der Waals surface area contributed by atoms with Crippen LogP contribution < -0.4 is 0 Å². The number of hydrogen-bond acceptors (Lipinski definition) is 2. The Morgan fingerprint density at radius 2 is 0.367 bits per heavy atom. The molecule has 30 heavy (non-hydrogen) atoms. The summed E-state index contributed by atoms with van der Waals surface area (Å²) in [6.45, 7) is 29.9. The summed E-state index contributed by atoms with van der Waals surface area (Å²) in [6.07, 6.45) is 0. The summed E-state index contributed by atoms with van der Waals surface area (Å²) < 4.78 is 0. The van der Waals surface area contributed by atoms with Crippen LogP contribution in [0.5, 0.6) is 0 Å². The molecule has 0 nitrogen and oxygen atoms in total. The fourth-order valence-electron chi connectivity index (χ4n) is 2.81. The molecule has 0 heterocycles. The molecule has 0 bridgehead atoms. The Kier molecular flexibility index (Phi) is 25.2.